The zero-order valence-corrected chi connectivity index (χ0v) is 13.8. The van der Waals surface area contributed by atoms with Crippen molar-refractivity contribution in [3.63, 3.8) is 0 Å². The van der Waals surface area contributed by atoms with E-state index in [4.69, 9.17) is 4.74 Å². The third kappa shape index (κ3) is 3.98. The minimum atomic E-state index is 0.0161. The van der Waals surface area contributed by atoms with Crippen molar-refractivity contribution in [1.82, 2.24) is 4.98 Å². The van der Waals surface area contributed by atoms with Crippen molar-refractivity contribution in [3.8, 4) is 5.75 Å². The molecule has 1 aromatic heterocycles. The Balaban J connectivity index is 2.33. The number of thiol groups is 1. The van der Waals surface area contributed by atoms with Crippen molar-refractivity contribution >= 4 is 35.6 Å². The first-order valence-electron chi connectivity index (χ1n) is 6.61. The van der Waals surface area contributed by atoms with Gasteiger partial charge < -0.3 is 9.64 Å². The Morgan fingerprint density at radius 3 is 2.81 bits per heavy atom. The molecule has 21 heavy (non-hydrogen) atoms. The molecule has 0 saturated heterocycles. The monoisotopic (exact) mass is 322 g/mol. The van der Waals surface area contributed by atoms with Gasteiger partial charge in [0, 0.05) is 17.5 Å². The summed E-state index contributed by atoms with van der Waals surface area (Å²) >= 11 is 5.71. The molecule has 0 bridgehead atoms. The minimum absolute atomic E-state index is 0.0161. The smallest absolute Gasteiger partial charge is 0.228 e. The topological polar surface area (TPSA) is 42.4 Å². The van der Waals surface area contributed by atoms with Gasteiger partial charge in [0.1, 0.15) is 10.8 Å². The van der Waals surface area contributed by atoms with Gasteiger partial charge in [-0.15, -0.1) is 11.3 Å². The van der Waals surface area contributed by atoms with Crippen LogP contribution in [0.15, 0.2) is 29.6 Å². The molecule has 1 amide bonds. The van der Waals surface area contributed by atoms with Crippen LogP contribution in [0.4, 0.5) is 5.69 Å². The Bertz CT molecular complexity index is 613. The molecule has 2 aromatic rings. The number of methoxy groups -OCH3 is 1. The van der Waals surface area contributed by atoms with Crippen molar-refractivity contribution in [2.45, 2.75) is 19.9 Å². The summed E-state index contributed by atoms with van der Waals surface area (Å²) in [6, 6.07) is 7.52. The first-order chi connectivity index (χ1) is 10.2. The number of aryl methyl sites for hydroxylation is 1. The first kappa shape index (κ1) is 15.9. The second kappa shape index (κ2) is 7.47. The highest BCUT2D eigenvalue weighted by Gasteiger charge is 2.20. The fourth-order valence-electron chi connectivity index (χ4n) is 2.00. The SMILES string of the molecule is COc1ccccc1N(Cc1nc(C)cs1)C(=O)CCS. The predicted octanol–water partition coefficient (Wildman–Crippen LogP) is 3.31. The van der Waals surface area contributed by atoms with Crippen molar-refractivity contribution < 1.29 is 9.53 Å². The van der Waals surface area contributed by atoms with Crippen LogP contribution in [-0.2, 0) is 11.3 Å². The highest BCUT2D eigenvalue weighted by molar-refractivity contribution is 7.80. The van der Waals surface area contributed by atoms with Crippen LogP contribution in [0.1, 0.15) is 17.1 Å². The number of anilines is 1. The molecule has 2 rings (SSSR count). The zero-order valence-electron chi connectivity index (χ0n) is 12.1. The first-order valence-corrected chi connectivity index (χ1v) is 8.12. The Morgan fingerprint density at radius 2 is 2.19 bits per heavy atom. The third-order valence-electron chi connectivity index (χ3n) is 2.96. The van der Waals surface area contributed by atoms with E-state index in [1.807, 2.05) is 36.6 Å². The fourth-order valence-corrected chi connectivity index (χ4v) is 2.95. The van der Waals surface area contributed by atoms with Crippen LogP contribution in [0, 0.1) is 6.92 Å². The van der Waals surface area contributed by atoms with Crippen molar-refractivity contribution in [3.05, 3.63) is 40.3 Å². The second-order valence-corrected chi connectivity index (χ2v) is 5.90. The summed E-state index contributed by atoms with van der Waals surface area (Å²) in [5.41, 5.74) is 1.73. The van der Waals surface area contributed by atoms with Gasteiger partial charge in [0.25, 0.3) is 0 Å². The summed E-state index contributed by atoms with van der Waals surface area (Å²) < 4.78 is 5.37. The summed E-state index contributed by atoms with van der Waals surface area (Å²) in [7, 11) is 1.60. The average Bonchev–Trinajstić information content (AvgIpc) is 2.90. The highest BCUT2D eigenvalue weighted by atomic mass is 32.1. The number of nitrogens with zero attached hydrogens (tertiary/aromatic N) is 2. The maximum Gasteiger partial charge on any atom is 0.228 e. The largest absolute Gasteiger partial charge is 0.495 e. The quantitative estimate of drug-likeness (QED) is 0.830. The van der Waals surface area contributed by atoms with E-state index in [0.717, 1.165) is 16.4 Å². The number of amides is 1. The lowest BCUT2D eigenvalue weighted by Gasteiger charge is -2.23. The van der Waals surface area contributed by atoms with Gasteiger partial charge in [-0.2, -0.15) is 12.6 Å². The van der Waals surface area contributed by atoms with Gasteiger partial charge in [0.2, 0.25) is 5.91 Å². The molecule has 1 heterocycles. The summed E-state index contributed by atoms with van der Waals surface area (Å²) in [5.74, 6) is 1.21. The third-order valence-corrected chi connectivity index (χ3v) is 4.14. The van der Waals surface area contributed by atoms with Gasteiger partial charge in [-0.05, 0) is 24.8 Å². The van der Waals surface area contributed by atoms with E-state index in [1.165, 1.54) is 0 Å². The minimum Gasteiger partial charge on any atom is -0.495 e. The molecular weight excluding hydrogens is 304 g/mol. The number of benzene rings is 1. The summed E-state index contributed by atoms with van der Waals surface area (Å²) in [5, 5.41) is 2.89. The summed E-state index contributed by atoms with van der Waals surface area (Å²) in [6.45, 7) is 2.40. The molecule has 0 saturated carbocycles. The van der Waals surface area contributed by atoms with E-state index in [9.17, 15) is 4.79 Å². The van der Waals surface area contributed by atoms with E-state index in [1.54, 1.807) is 23.3 Å². The van der Waals surface area contributed by atoms with Gasteiger partial charge >= 0.3 is 0 Å². The lowest BCUT2D eigenvalue weighted by molar-refractivity contribution is -0.118. The molecule has 0 unspecified atom stereocenters. The Morgan fingerprint density at radius 1 is 1.43 bits per heavy atom. The van der Waals surface area contributed by atoms with Crippen molar-refractivity contribution in [2.75, 3.05) is 17.8 Å². The van der Waals surface area contributed by atoms with Crippen LogP contribution in [0.5, 0.6) is 5.75 Å². The normalized spacial score (nSPS) is 10.4. The number of rotatable bonds is 6. The van der Waals surface area contributed by atoms with Gasteiger partial charge in [0.15, 0.2) is 0 Å². The van der Waals surface area contributed by atoms with E-state index >= 15 is 0 Å². The average molecular weight is 322 g/mol. The number of carbonyl (C=O) groups excluding carboxylic acids is 1. The van der Waals surface area contributed by atoms with Crippen LogP contribution >= 0.6 is 24.0 Å². The predicted molar refractivity (Wildman–Crippen MR) is 89.5 cm³/mol. The van der Waals surface area contributed by atoms with E-state index in [2.05, 4.69) is 17.6 Å². The number of para-hydroxylation sites is 2. The van der Waals surface area contributed by atoms with Gasteiger partial charge in [-0.3, -0.25) is 4.79 Å². The van der Waals surface area contributed by atoms with E-state index < -0.39 is 0 Å². The molecule has 0 spiro atoms. The number of hydrogen-bond acceptors (Lipinski definition) is 5. The molecule has 0 aliphatic rings. The van der Waals surface area contributed by atoms with Gasteiger partial charge in [-0.25, -0.2) is 4.98 Å². The number of thiazole rings is 1. The summed E-state index contributed by atoms with van der Waals surface area (Å²) in [4.78, 5) is 18.6. The van der Waals surface area contributed by atoms with E-state index in [-0.39, 0.29) is 5.91 Å². The second-order valence-electron chi connectivity index (χ2n) is 4.51. The van der Waals surface area contributed by atoms with Crippen molar-refractivity contribution in [2.24, 2.45) is 0 Å². The maximum absolute atomic E-state index is 12.4. The number of ether oxygens (including phenoxy) is 1. The molecule has 0 aliphatic carbocycles. The maximum atomic E-state index is 12.4. The molecule has 6 heteroatoms. The molecule has 112 valence electrons. The zero-order chi connectivity index (χ0) is 15.2. The number of aromatic nitrogens is 1. The Labute approximate surface area is 134 Å². The molecule has 0 aliphatic heterocycles. The standard InChI is InChI=1S/C15H18N2O2S2/c1-11-10-21-14(16-11)9-17(15(18)7-8-20)12-5-3-4-6-13(12)19-2/h3-6,10,20H,7-9H2,1-2H3. The summed E-state index contributed by atoms with van der Waals surface area (Å²) in [6.07, 6.45) is 0.380. The van der Waals surface area contributed by atoms with Crippen LogP contribution in [0.25, 0.3) is 0 Å². The van der Waals surface area contributed by atoms with Crippen LogP contribution in [0.2, 0.25) is 0 Å². The van der Waals surface area contributed by atoms with Crippen LogP contribution in [-0.4, -0.2) is 23.8 Å². The molecule has 0 N–H and O–H groups in total. The van der Waals surface area contributed by atoms with Gasteiger partial charge in [0.05, 0.1) is 19.3 Å². The molecule has 0 fully saturated rings. The van der Waals surface area contributed by atoms with Crippen molar-refractivity contribution in [1.29, 1.82) is 0 Å². The Hall–Kier alpha value is -1.53. The number of hydrogen-bond donors (Lipinski definition) is 1. The van der Waals surface area contributed by atoms with E-state index in [0.29, 0.717) is 24.5 Å². The lowest BCUT2D eigenvalue weighted by Crippen LogP contribution is -2.30. The molecule has 0 radical (unpaired) electrons. The molecular formula is C15H18N2O2S2. The molecule has 4 nitrogen and oxygen atoms in total. The molecule has 1 aromatic carbocycles. The highest BCUT2D eigenvalue weighted by Crippen LogP contribution is 2.30. The van der Waals surface area contributed by atoms with Crippen LogP contribution < -0.4 is 9.64 Å². The van der Waals surface area contributed by atoms with Crippen LogP contribution in [0.3, 0.4) is 0 Å². The van der Waals surface area contributed by atoms with Gasteiger partial charge in [-0.1, -0.05) is 12.1 Å². The Kier molecular flexibility index (Phi) is 5.64. The number of carbonyl (C=O) groups is 1. The fraction of sp³-hybridized carbons (Fsp3) is 0.333. The molecule has 0 atom stereocenters. The lowest BCUT2D eigenvalue weighted by atomic mass is 10.2.